The van der Waals surface area contributed by atoms with Gasteiger partial charge in [0.2, 0.25) is 0 Å². The van der Waals surface area contributed by atoms with E-state index in [2.05, 4.69) is 93.7 Å². The number of hydrogen-bond acceptors (Lipinski definition) is 6. The minimum absolute atomic E-state index is 0.0955. The van der Waals surface area contributed by atoms with Gasteiger partial charge in [-0.3, -0.25) is 14.4 Å². The first-order valence-corrected chi connectivity index (χ1v) is 27.4. The van der Waals surface area contributed by atoms with E-state index in [1.54, 1.807) is 0 Å². The van der Waals surface area contributed by atoms with E-state index in [4.69, 9.17) is 14.2 Å². The summed E-state index contributed by atoms with van der Waals surface area (Å²) in [5, 5.41) is 0. The highest BCUT2D eigenvalue weighted by Crippen LogP contribution is 2.15. The molecule has 6 nitrogen and oxygen atoms in total. The zero-order valence-electron chi connectivity index (χ0n) is 42.7. The van der Waals surface area contributed by atoms with Crippen LogP contribution in [0.2, 0.25) is 0 Å². The van der Waals surface area contributed by atoms with Gasteiger partial charge in [0.25, 0.3) is 0 Å². The van der Waals surface area contributed by atoms with Crippen molar-refractivity contribution in [2.75, 3.05) is 13.2 Å². The van der Waals surface area contributed by atoms with Crippen molar-refractivity contribution in [3.63, 3.8) is 0 Å². The fraction of sp³-hybridized carbons (Fsp3) is 0.746. The molecule has 0 aromatic carbocycles. The number of carbonyl (C=O) groups excluding carboxylic acids is 3. The Labute approximate surface area is 402 Å². The van der Waals surface area contributed by atoms with Crippen molar-refractivity contribution >= 4 is 17.9 Å². The van der Waals surface area contributed by atoms with Gasteiger partial charge in [0, 0.05) is 19.3 Å². The van der Waals surface area contributed by atoms with Crippen molar-refractivity contribution in [3.05, 3.63) is 72.9 Å². The fourth-order valence-electron chi connectivity index (χ4n) is 7.53. The van der Waals surface area contributed by atoms with Crippen LogP contribution in [0.25, 0.3) is 0 Å². The average Bonchev–Trinajstić information content (AvgIpc) is 3.30. The van der Waals surface area contributed by atoms with E-state index in [1.165, 1.54) is 128 Å². The van der Waals surface area contributed by atoms with Crippen molar-refractivity contribution in [1.82, 2.24) is 0 Å². The summed E-state index contributed by atoms with van der Waals surface area (Å²) < 4.78 is 16.8. The highest BCUT2D eigenvalue weighted by Gasteiger charge is 2.19. The smallest absolute Gasteiger partial charge is 0.306 e. The molecule has 0 aromatic heterocycles. The van der Waals surface area contributed by atoms with Gasteiger partial charge in [0.1, 0.15) is 13.2 Å². The summed E-state index contributed by atoms with van der Waals surface area (Å²) >= 11 is 0. The van der Waals surface area contributed by atoms with E-state index in [-0.39, 0.29) is 37.5 Å². The Morgan fingerprint density at radius 2 is 0.615 bits per heavy atom. The molecule has 0 aromatic rings. The van der Waals surface area contributed by atoms with Gasteiger partial charge in [-0.2, -0.15) is 0 Å². The van der Waals surface area contributed by atoms with Crippen molar-refractivity contribution in [2.45, 2.75) is 271 Å². The summed E-state index contributed by atoms with van der Waals surface area (Å²) in [5.74, 6) is -0.946. The maximum atomic E-state index is 12.8. The maximum Gasteiger partial charge on any atom is 0.306 e. The molecule has 0 spiro atoms. The van der Waals surface area contributed by atoms with E-state index in [0.717, 1.165) is 89.9 Å². The van der Waals surface area contributed by atoms with Gasteiger partial charge in [-0.25, -0.2) is 0 Å². The summed E-state index contributed by atoms with van der Waals surface area (Å²) in [6.45, 7) is 6.45. The van der Waals surface area contributed by atoms with Crippen LogP contribution in [0.5, 0.6) is 0 Å². The van der Waals surface area contributed by atoms with Crippen LogP contribution in [0.15, 0.2) is 72.9 Å². The molecule has 1 atom stereocenters. The molecule has 65 heavy (non-hydrogen) atoms. The van der Waals surface area contributed by atoms with E-state index >= 15 is 0 Å². The lowest BCUT2D eigenvalue weighted by molar-refractivity contribution is -0.167. The van der Waals surface area contributed by atoms with Gasteiger partial charge in [-0.15, -0.1) is 0 Å². The summed E-state index contributed by atoms with van der Waals surface area (Å²) in [6.07, 6.45) is 67.6. The van der Waals surface area contributed by atoms with Gasteiger partial charge in [0.05, 0.1) is 0 Å². The maximum absolute atomic E-state index is 12.8. The lowest BCUT2D eigenvalue weighted by Crippen LogP contribution is -2.30. The van der Waals surface area contributed by atoms with E-state index in [9.17, 15) is 14.4 Å². The Bertz CT molecular complexity index is 1230. The number of rotatable bonds is 49. The quantitative estimate of drug-likeness (QED) is 0.0262. The first kappa shape index (κ1) is 61.9. The number of esters is 3. The van der Waals surface area contributed by atoms with Gasteiger partial charge < -0.3 is 14.2 Å². The SMILES string of the molecule is CC/C=C\C/C=C\C/C=C\C/C=C\CCCCC(=O)OC(COC(=O)CCCCCCC/C=C\CCCC)COC(=O)CCCCCCCCCCC/C=C\CCCCCCCCCC. The molecule has 0 N–H and O–H groups in total. The summed E-state index contributed by atoms with van der Waals surface area (Å²) in [6, 6.07) is 0. The average molecular weight is 907 g/mol. The molecule has 0 radical (unpaired) electrons. The normalized spacial score (nSPS) is 12.6. The summed E-state index contributed by atoms with van der Waals surface area (Å²) in [7, 11) is 0. The third-order valence-electron chi connectivity index (χ3n) is 11.7. The summed E-state index contributed by atoms with van der Waals surface area (Å²) in [4.78, 5) is 38.0. The molecule has 1 unspecified atom stereocenters. The Morgan fingerprint density at radius 1 is 0.323 bits per heavy atom. The van der Waals surface area contributed by atoms with Crippen LogP contribution >= 0.6 is 0 Å². The van der Waals surface area contributed by atoms with E-state index in [1.807, 2.05) is 0 Å². The number of allylic oxidation sites excluding steroid dienone is 12. The molecule has 0 saturated carbocycles. The molecule has 0 rings (SSSR count). The van der Waals surface area contributed by atoms with Gasteiger partial charge in [-0.1, -0.05) is 216 Å². The van der Waals surface area contributed by atoms with Gasteiger partial charge >= 0.3 is 17.9 Å². The van der Waals surface area contributed by atoms with Crippen molar-refractivity contribution in [2.24, 2.45) is 0 Å². The molecular weight excluding hydrogens is 805 g/mol. The second kappa shape index (κ2) is 53.5. The summed E-state index contributed by atoms with van der Waals surface area (Å²) in [5.41, 5.74) is 0. The highest BCUT2D eigenvalue weighted by atomic mass is 16.6. The van der Waals surface area contributed by atoms with Gasteiger partial charge in [0.15, 0.2) is 6.10 Å². The van der Waals surface area contributed by atoms with Crippen LogP contribution < -0.4 is 0 Å². The fourth-order valence-corrected chi connectivity index (χ4v) is 7.53. The Hall–Kier alpha value is -3.15. The third kappa shape index (κ3) is 51.7. The van der Waals surface area contributed by atoms with Crippen LogP contribution in [0.1, 0.15) is 265 Å². The van der Waals surface area contributed by atoms with E-state index < -0.39 is 6.10 Å². The molecule has 0 saturated heterocycles. The molecule has 374 valence electrons. The van der Waals surface area contributed by atoms with Crippen LogP contribution in [-0.2, 0) is 28.6 Å². The minimum Gasteiger partial charge on any atom is -0.462 e. The topological polar surface area (TPSA) is 78.9 Å². The van der Waals surface area contributed by atoms with Gasteiger partial charge in [-0.05, 0) is 103 Å². The molecule has 0 fully saturated rings. The molecule has 0 aliphatic heterocycles. The third-order valence-corrected chi connectivity index (χ3v) is 11.7. The largest absolute Gasteiger partial charge is 0.462 e. The minimum atomic E-state index is -0.800. The predicted molar refractivity (Wildman–Crippen MR) is 279 cm³/mol. The Morgan fingerprint density at radius 3 is 1.03 bits per heavy atom. The molecule has 0 bridgehead atoms. The van der Waals surface area contributed by atoms with Crippen LogP contribution in [0.3, 0.4) is 0 Å². The van der Waals surface area contributed by atoms with Crippen molar-refractivity contribution in [1.29, 1.82) is 0 Å². The first-order valence-electron chi connectivity index (χ1n) is 27.4. The van der Waals surface area contributed by atoms with Crippen molar-refractivity contribution in [3.8, 4) is 0 Å². The molecule has 0 amide bonds. The Balaban J connectivity index is 4.36. The molecule has 0 heterocycles. The van der Waals surface area contributed by atoms with Crippen LogP contribution in [-0.4, -0.2) is 37.2 Å². The lowest BCUT2D eigenvalue weighted by Gasteiger charge is -2.18. The van der Waals surface area contributed by atoms with Crippen LogP contribution in [0, 0.1) is 0 Å². The highest BCUT2D eigenvalue weighted by molar-refractivity contribution is 5.71. The first-order chi connectivity index (χ1) is 32.0. The zero-order chi connectivity index (χ0) is 47.2. The monoisotopic (exact) mass is 907 g/mol. The number of carbonyl (C=O) groups is 3. The van der Waals surface area contributed by atoms with Crippen LogP contribution in [0.4, 0.5) is 0 Å². The molecular formula is C59H102O6. The second-order valence-electron chi connectivity index (χ2n) is 18.1. The second-order valence-corrected chi connectivity index (χ2v) is 18.1. The molecule has 0 aliphatic rings. The molecule has 0 aliphatic carbocycles. The molecule has 6 heteroatoms. The lowest BCUT2D eigenvalue weighted by atomic mass is 10.1. The number of unbranched alkanes of at least 4 members (excludes halogenated alkanes) is 26. The van der Waals surface area contributed by atoms with Crippen molar-refractivity contribution < 1.29 is 28.6 Å². The standard InChI is InChI=1S/C59H102O6/c1-4-7-10-13-16-19-22-24-26-27-28-29-30-31-33-34-37-40-43-46-49-52-58(61)64-55-56(54-63-57(60)51-48-45-42-39-36-21-18-15-12-9-6-3)65-59(62)53-50-47-44-41-38-35-32-25-23-20-17-14-11-8-5-2/h8,11,15,17-18,20,25,27-28,32,38,41,56H,4-7,9-10,12-14,16,19,21-24,26,29-31,33-37,39-40,42-55H2,1-3H3/b11-8-,18-15-,20-17-,28-27-,32-25-,41-38-. The number of ether oxygens (including phenoxy) is 3. The predicted octanol–water partition coefficient (Wildman–Crippen LogP) is 18.2. The van der Waals surface area contributed by atoms with E-state index in [0.29, 0.717) is 19.3 Å². The Kier molecular flexibility index (Phi) is 50.9. The zero-order valence-corrected chi connectivity index (χ0v) is 42.7. The number of hydrogen-bond donors (Lipinski definition) is 0.